The van der Waals surface area contributed by atoms with Crippen molar-refractivity contribution in [3.8, 4) is 0 Å². The maximum Gasteiger partial charge on any atom is 0.264 e. The summed E-state index contributed by atoms with van der Waals surface area (Å²) in [6, 6.07) is 1.87. The van der Waals surface area contributed by atoms with Crippen molar-refractivity contribution in [2.45, 2.75) is 38.5 Å². The maximum absolute atomic E-state index is 12.7. The molecular weight excluding hydrogens is 456 g/mol. The van der Waals surface area contributed by atoms with Crippen LogP contribution in [0.25, 0.3) is 0 Å². The van der Waals surface area contributed by atoms with Gasteiger partial charge in [0.25, 0.3) is 5.91 Å². The van der Waals surface area contributed by atoms with Gasteiger partial charge in [-0.15, -0.1) is 11.3 Å². The predicted octanol–water partition coefficient (Wildman–Crippen LogP) is 4.53. The molecule has 0 atom stereocenters. The quantitative estimate of drug-likeness (QED) is 0.627. The Morgan fingerprint density at radius 1 is 0.958 bits per heavy atom. The third-order valence-electron chi connectivity index (χ3n) is 4.91. The van der Waals surface area contributed by atoms with Crippen LogP contribution >= 0.6 is 43.2 Å². The molecule has 0 saturated carbocycles. The molecule has 0 radical (unpaired) electrons. The third kappa shape index (κ3) is 4.22. The molecule has 7 heteroatoms. The molecule has 3 rings (SSSR count). The number of hydrogen-bond acceptors (Lipinski definition) is 3. The molecule has 0 unspecified atom stereocenters. The van der Waals surface area contributed by atoms with Gasteiger partial charge < -0.3 is 9.80 Å². The van der Waals surface area contributed by atoms with Crippen LogP contribution in [0, 0.1) is 5.92 Å². The zero-order valence-electron chi connectivity index (χ0n) is 13.6. The van der Waals surface area contributed by atoms with E-state index >= 15 is 0 Å². The number of rotatable bonds is 2. The molecule has 3 heterocycles. The van der Waals surface area contributed by atoms with Crippen molar-refractivity contribution in [1.82, 2.24) is 9.80 Å². The van der Waals surface area contributed by atoms with Gasteiger partial charge in [0.05, 0.1) is 8.66 Å². The van der Waals surface area contributed by atoms with E-state index in [2.05, 4.69) is 36.8 Å². The molecule has 0 spiro atoms. The molecule has 0 aromatic carbocycles. The maximum atomic E-state index is 12.7. The zero-order chi connectivity index (χ0) is 17.1. The molecule has 1 aromatic heterocycles. The minimum atomic E-state index is 0.0760. The van der Waals surface area contributed by atoms with Crippen molar-refractivity contribution < 1.29 is 9.59 Å². The van der Waals surface area contributed by atoms with Crippen LogP contribution in [0.2, 0.25) is 0 Å². The highest BCUT2D eigenvalue weighted by atomic mass is 79.9. The number of hydrogen-bond donors (Lipinski definition) is 0. The van der Waals surface area contributed by atoms with Gasteiger partial charge in [-0.2, -0.15) is 0 Å². The number of halogens is 2. The highest BCUT2D eigenvalue weighted by molar-refractivity contribution is 9.13. The second-order valence-electron chi connectivity index (χ2n) is 6.54. The number of nitrogens with zero attached hydrogens (tertiary/aromatic N) is 2. The average Bonchev–Trinajstić information content (AvgIpc) is 2.81. The summed E-state index contributed by atoms with van der Waals surface area (Å²) >= 11 is 8.32. The number of carbonyl (C=O) groups excluding carboxylic acids is 2. The molecule has 2 aliphatic heterocycles. The normalized spacial score (nSPS) is 20.1. The Balaban J connectivity index is 1.55. The number of likely N-dealkylation sites (tertiary alicyclic amines) is 2. The molecule has 0 N–H and O–H groups in total. The minimum absolute atomic E-state index is 0.0760. The standard InChI is InChI=1S/C17H22Br2N2O2S/c18-13-11-14(24-15(13)19)17(23)21-9-5-12(6-10-21)16(22)20-7-3-1-2-4-8-20/h11-12H,1-10H2. The predicted molar refractivity (Wildman–Crippen MR) is 103 cm³/mol. The van der Waals surface area contributed by atoms with E-state index in [0.29, 0.717) is 19.0 Å². The summed E-state index contributed by atoms with van der Waals surface area (Å²) in [6.07, 6.45) is 6.31. The Hall–Kier alpha value is -0.400. The molecular formula is C17H22Br2N2O2S. The van der Waals surface area contributed by atoms with E-state index in [1.165, 1.54) is 24.2 Å². The Labute approximate surface area is 163 Å². The largest absolute Gasteiger partial charge is 0.342 e. The van der Waals surface area contributed by atoms with Gasteiger partial charge in [0, 0.05) is 36.6 Å². The fourth-order valence-electron chi connectivity index (χ4n) is 3.49. The lowest BCUT2D eigenvalue weighted by Gasteiger charge is -2.33. The van der Waals surface area contributed by atoms with Crippen LogP contribution in [0.4, 0.5) is 0 Å². The van der Waals surface area contributed by atoms with Crippen molar-refractivity contribution in [3.63, 3.8) is 0 Å². The van der Waals surface area contributed by atoms with Gasteiger partial charge in [-0.1, -0.05) is 12.8 Å². The van der Waals surface area contributed by atoms with Crippen molar-refractivity contribution in [2.75, 3.05) is 26.2 Å². The van der Waals surface area contributed by atoms with Crippen molar-refractivity contribution in [2.24, 2.45) is 5.92 Å². The first-order valence-corrected chi connectivity index (χ1v) is 11.0. The number of amides is 2. The number of thiophene rings is 1. The highest BCUT2D eigenvalue weighted by Crippen LogP contribution is 2.33. The van der Waals surface area contributed by atoms with Gasteiger partial charge in [-0.05, 0) is 63.6 Å². The molecule has 24 heavy (non-hydrogen) atoms. The Morgan fingerprint density at radius 2 is 1.58 bits per heavy atom. The van der Waals surface area contributed by atoms with Crippen LogP contribution in [-0.4, -0.2) is 47.8 Å². The Morgan fingerprint density at radius 3 is 2.12 bits per heavy atom. The van der Waals surface area contributed by atoms with Crippen LogP contribution in [-0.2, 0) is 4.79 Å². The van der Waals surface area contributed by atoms with Crippen molar-refractivity contribution in [3.05, 3.63) is 19.2 Å². The lowest BCUT2D eigenvalue weighted by Crippen LogP contribution is -2.44. The van der Waals surface area contributed by atoms with Crippen LogP contribution < -0.4 is 0 Å². The Kier molecular flexibility index (Phi) is 6.38. The fraction of sp³-hybridized carbons (Fsp3) is 0.647. The van der Waals surface area contributed by atoms with Crippen LogP contribution in [0.15, 0.2) is 14.3 Å². The zero-order valence-corrected chi connectivity index (χ0v) is 17.6. The van der Waals surface area contributed by atoms with Gasteiger partial charge in [-0.3, -0.25) is 9.59 Å². The molecule has 132 valence electrons. The monoisotopic (exact) mass is 476 g/mol. The first-order valence-electron chi connectivity index (χ1n) is 8.59. The highest BCUT2D eigenvalue weighted by Gasteiger charge is 2.31. The van der Waals surface area contributed by atoms with Crippen molar-refractivity contribution in [1.29, 1.82) is 0 Å². The van der Waals surface area contributed by atoms with Gasteiger partial charge in [0.15, 0.2) is 0 Å². The second kappa shape index (κ2) is 8.32. The molecule has 4 nitrogen and oxygen atoms in total. The fourth-order valence-corrected chi connectivity index (χ4v) is 5.49. The average molecular weight is 478 g/mol. The topological polar surface area (TPSA) is 40.6 Å². The van der Waals surface area contributed by atoms with Crippen LogP contribution in [0.1, 0.15) is 48.2 Å². The van der Waals surface area contributed by atoms with Gasteiger partial charge in [-0.25, -0.2) is 0 Å². The van der Waals surface area contributed by atoms with Crippen LogP contribution in [0.5, 0.6) is 0 Å². The summed E-state index contributed by atoms with van der Waals surface area (Å²) in [5.41, 5.74) is 0. The molecule has 2 fully saturated rings. The molecule has 0 bridgehead atoms. The lowest BCUT2D eigenvalue weighted by atomic mass is 9.95. The van der Waals surface area contributed by atoms with E-state index in [1.54, 1.807) is 0 Å². The van der Waals surface area contributed by atoms with E-state index in [1.807, 2.05) is 11.0 Å². The van der Waals surface area contributed by atoms with Crippen LogP contribution in [0.3, 0.4) is 0 Å². The summed E-state index contributed by atoms with van der Waals surface area (Å²) in [6.45, 7) is 3.18. The van der Waals surface area contributed by atoms with Gasteiger partial charge >= 0.3 is 0 Å². The summed E-state index contributed by atoms with van der Waals surface area (Å²) < 4.78 is 1.86. The third-order valence-corrected chi connectivity index (χ3v) is 8.15. The van der Waals surface area contributed by atoms with E-state index < -0.39 is 0 Å². The van der Waals surface area contributed by atoms with E-state index in [-0.39, 0.29) is 11.8 Å². The first-order chi connectivity index (χ1) is 11.6. The summed E-state index contributed by atoms with van der Waals surface area (Å²) in [5.74, 6) is 0.478. The van der Waals surface area contributed by atoms with Gasteiger partial charge in [0.1, 0.15) is 0 Å². The molecule has 2 saturated heterocycles. The smallest absolute Gasteiger partial charge is 0.264 e. The molecule has 2 aliphatic rings. The summed E-state index contributed by atoms with van der Waals surface area (Å²) in [7, 11) is 0. The number of piperidine rings is 1. The lowest BCUT2D eigenvalue weighted by molar-refractivity contribution is -0.136. The minimum Gasteiger partial charge on any atom is -0.342 e. The van der Waals surface area contributed by atoms with E-state index in [4.69, 9.17) is 0 Å². The van der Waals surface area contributed by atoms with E-state index in [9.17, 15) is 9.59 Å². The Bertz CT molecular complexity index is 584. The first kappa shape index (κ1) is 18.4. The second-order valence-corrected chi connectivity index (χ2v) is 9.76. The SMILES string of the molecule is O=C(c1cc(Br)c(Br)s1)N1CCC(C(=O)N2CCCCCC2)CC1. The van der Waals surface area contributed by atoms with Gasteiger partial charge in [0.2, 0.25) is 5.91 Å². The van der Waals surface area contributed by atoms with Crippen molar-refractivity contribution >= 4 is 55.0 Å². The summed E-state index contributed by atoms with van der Waals surface area (Å²) in [4.78, 5) is 30.0. The number of carbonyl (C=O) groups is 2. The molecule has 1 aromatic rings. The molecule has 2 amide bonds. The molecule has 0 aliphatic carbocycles. The summed E-state index contributed by atoms with van der Waals surface area (Å²) in [5, 5.41) is 0. The van der Waals surface area contributed by atoms with E-state index in [0.717, 1.165) is 51.9 Å².